The number of benzene rings is 2. The summed E-state index contributed by atoms with van der Waals surface area (Å²) in [6.45, 7) is 2.96. The molecule has 0 radical (unpaired) electrons. The van der Waals surface area contributed by atoms with Gasteiger partial charge < -0.3 is 10.1 Å². The third-order valence-corrected chi connectivity index (χ3v) is 3.11. The Morgan fingerprint density at radius 2 is 1.83 bits per heavy atom. The highest BCUT2D eigenvalue weighted by Crippen LogP contribution is 2.35. The summed E-state index contributed by atoms with van der Waals surface area (Å²) in [5.41, 5.74) is 4.94. The first-order chi connectivity index (χ1) is 8.77. The summed E-state index contributed by atoms with van der Waals surface area (Å²) in [6.07, 6.45) is 0. The van der Waals surface area contributed by atoms with Gasteiger partial charge in [0, 0.05) is 12.1 Å². The Morgan fingerprint density at radius 1 is 1.06 bits per heavy atom. The first-order valence-corrected chi connectivity index (χ1v) is 6.14. The van der Waals surface area contributed by atoms with Crippen molar-refractivity contribution in [3.63, 3.8) is 0 Å². The van der Waals surface area contributed by atoms with Crippen LogP contribution in [0, 0.1) is 6.92 Å². The molecule has 0 unspecified atom stereocenters. The molecule has 0 saturated carbocycles. The highest BCUT2D eigenvalue weighted by molar-refractivity contribution is 5.76. The van der Waals surface area contributed by atoms with Crippen LogP contribution in [0.4, 0.5) is 0 Å². The second kappa shape index (κ2) is 5.69. The summed E-state index contributed by atoms with van der Waals surface area (Å²) in [5, 5.41) is 3.21. The van der Waals surface area contributed by atoms with E-state index in [1.165, 1.54) is 22.3 Å². The van der Waals surface area contributed by atoms with Gasteiger partial charge in [-0.15, -0.1) is 0 Å². The fourth-order valence-electron chi connectivity index (χ4n) is 2.24. The first-order valence-electron chi connectivity index (χ1n) is 6.14. The van der Waals surface area contributed by atoms with E-state index in [9.17, 15) is 0 Å². The van der Waals surface area contributed by atoms with Gasteiger partial charge in [-0.2, -0.15) is 0 Å². The molecule has 1 N–H and O–H groups in total. The fraction of sp³-hybridized carbons (Fsp3) is 0.250. The predicted molar refractivity (Wildman–Crippen MR) is 75.9 cm³/mol. The largest absolute Gasteiger partial charge is 0.496 e. The lowest BCUT2D eigenvalue weighted by Crippen LogP contribution is -2.07. The zero-order valence-corrected chi connectivity index (χ0v) is 11.2. The van der Waals surface area contributed by atoms with E-state index in [0.29, 0.717) is 0 Å². The third kappa shape index (κ3) is 2.39. The molecule has 0 spiro atoms. The van der Waals surface area contributed by atoms with Crippen LogP contribution >= 0.6 is 0 Å². The monoisotopic (exact) mass is 241 g/mol. The van der Waals surface area contributed by atoms with Crippen LogP contribution in [0.5, 0.6) is 5.75 Å². The highest BCUT2D eigenvalue weighted by Gasteiger charge is 2.12. The third-order valence-electron chi connectivity index (χ3n) is 3.11. The Bertz CT molecular complexity index is 534. The van der Waals surface area contributed by atoms with Crippen molar-refractivity contribution in [1.29, 1.82) is 0 Å². The minimum atomic E-state index is 0.834. The topological polar surface area (TPSA) is 21.3 Å². The molecule has 0 saturated heterocycles. The average Bonchev–Trinajstić information content (AvgIpc) is 2.40. The second-order valence-electron chi connectivity index (χ2n) is 4.34. The van der Waals surface area contributed by atoms with Crippen LogP contribution in [0.1, 0.15) is 11.1 Å². The summed E-state index contributed by atoms with van der Waals surface area (Å²) in [6, 6.07) is 14.6. The maximum Gasteiger partial charge on any atom is 0.127 e. The van der Waals surface area contributed by atoms with Gasteiger partial charge >= 0.3 is 0 Å². The van der Waals surface area contributed by atoms with E-state index < -0.39 is 0 Å². The Morgan fingerprint density at radius 3 is 2.50 bits per heavy atom. The molecule has 0 aliphatic carbocycles. The molecule has 0 amide bonds. The molecule has 0 heterocycles. The number of methoxy groups -OCH3 is 1. The lowest BCUT2D eigenvalue weighted by atomic mass is 9.95. The molecule has 0 atom stereocenters. The SMILES string of the molecule is CNCc1cccc(OC)c1-c1ccccc1C. The quantitative estimate of drug-likeness (QED) is 0.886. The van der Waals surface area contributed by atoms with E-state index in [0.717, 1.165) is 12.3 Å². The average molecular weight is 241 g/mol. The molecule has 0 aromatic heterocycles. The number of hydrogen-bond acceptors (Lipinski definition) is 2. The van der Waals surface area contributed by atoms with Gasteiger partial charge in [0.15, 0.2) is 0 Å². The molecule has 2 nitrogen and oxygen atoms in total. The lowest BCUT2D eigenvalue weighted by Gasteiger charge is -2.15. The normalized spacial score (nSPS) is 10.4. The Balaban J connectivity index is 2.64. The minimum absolute atomic E-state index is 0.834. The van der Waals surface area contributed by atoms with Crippen molar-refractivity contribution in [1.82, 2.24) is 5.32 Å². The standard InChI is InChI=1S/C16H19NO/c1-12-7-4-5-9-14(12)16-13(11-17-2)8-6-10-15(16)18-3/h4-10,17H,11H2,1-3H3. The second-order valence-corrected chi connectivity index (χ2v) is 4.34. The number of hydrogen-bond donors (Lipinski definition) is 1. The van der Waals surface area contributed by atoms with E-state index in [1.807, 2.05) is 19.2 Å². The van der Waals surface area contributed by atoms with Crippen LogP contribution in [0.2, 0.25) is 0 Å². The number of aryl methyl sites for hydroxylation is 1. The first kappa shape index (κ1) is 12.7. The molecule has 0 bridgehead atoms. The van der Waals surface area contributed by atoms with E-state index in [-0.39, 0.29) is 0 Å². The van der Waals surface area contributed by atoms with E-state index in [4.69, 9.17) is 4.74 Å². The van der Waals surface area contributed by atoms with Crippen molar-refractivity contribution in [3.05, 3.63) is 53.6 Å². The van der Waals surface area contributed by atoms with Gasteiger partial charge in [0.1, 0.15) is 5.75 Å². The van der Waals surface area contributed by atoms with Gasteiger partial charge in [0.2, 0.25) is 0 Å². The smallest absolute Gasteiger partial charge is 0.127 e. The summed E-state index contributed by atoms with van der Waals surface area (Å²) in [4.78, 5) is 0. The van der Waals surface area contributed by atoms with Crippen molar-refractivity contribution in [3.8, 4) is 16.9 Å². The van der Waals surface area contributed by atoms with Gasteiger partial charge in [-0.05, 0) is 36.7 Å². The van der Waals surface area contributed by atoms with Crippen molar-refractivity contribution in [2.24, 2.45) is 0 Å². The van der Waals surface area contributed by atoms with Crippen molar-refractivity contribution < 1.29 is 4.74 Å². The van der Waals surface area contributed by atoms with E-state index in [2.05, 4.69) is 42.6 Å². The molecular formula is C16H19NO. The van der Waals surface area contributed by atoms with E-state index in [1.54, 1.807) is 7.11 Å². The molecule has 0 fully saturated rings. The van der Waals surface area contributed by atoms with Crippen LogP contribution in [0.25, 0.3) is 11.1 Å². The highest BCUT2D eigenvalue weighted by atomic mass is 16.5. The van der Waals surface area contributed by atoms with Gasteiger partial charge in [-0.25, -0.2) is 0 Å². The molecule has 2 aromatic rings. The predicted octanol–water partition coefficient (Wildman–Crippen LogP) is 3.39. The number of nitrogens with one attached hydrogen (secondary N) is 1. The van der Waals surface area contributed by atoms with Crippen LogP contribution in [0.3, 0.4) is 0 Å². The molecule has 2 heteroatoms. The Kier molecular flexibility index (Phi) is 4.00. The van der Waals surface area contributed by atoms with Gasteiger partial charge in [0.25, 0.3) is 0 Å². The van der Waals surface area contributed by atoms with E-state index >= 15 is 0 Å². The van der Waals surface area contributed by atoms with Crippen LogP contribution in [0.15, 0.2) is 42.5 Å². The van der Waals surface area contributed by atoms with Gasteiger partial charge in [-0.1, -0.05) is 36.4 Å². The number of ether oxygens (including phenoxy) is 1. The molecule has 94 valence electrons. The molecular weight excluding hydrogens is 222 g/mol. The van der Waals surface area contributed by atoms with Crippen molar-refractivity contribution >= 4 is 0 Å². The minimum Gasteiger partial charge on any atom is -0.496 e. The van der Waals surface area contributed by atoms with Crippen LogP contribution in [-0.4, -0.2) is 14.2 Å². The summed E-state index contributed by atoms with van der Waals surface area (Å²) in [5.74, 6) is 0.928. The van der Waals surface area contributed by atoms with Crippen molar-refractivity contribution in [2.75, 3.05) is 14.2 Å². The fourth-order valence-corrected chi connectivity index (χ4v) is 2.24. The molecule has 2 aromatic carbocycles. The maximum absolute atomic E-state index is 5.51. The summed E-state index contributed by atoms with van der Waals surface area (Å²) >= 11 is 0. The molecule has 0 aliphatic rings. The zero-order valence-electron chi connectivity index (χ0n) is 11.2. The molecule has 2 rings (SSSR count). The Labute approximate surface area is 109 Å². The maximum atomic E-state index is 5.51. The Hall–Kier alpha value is -1.80. The van der Waals surface area contributed by atoms with Crippen LogP contribution < -0.4 is 10.1 Å². The van der Waals surface area contributed by atoms with Gasteiger partial charge in [-0.3, -0.25) is 0 Å². The van der Waals surface area contributed by atoms with Crippen LogP contribution in [-0.2, 0) is 6.54 Å². The zero-order chi connectivity index (χ0) is 13.0. The number of rotatable bonds is 4. The summed E-state index contributed by atoms with van der Waals surface area (Å²) in [7, 11) is 3.68. The lowest BCUT2D eigenvalue weighted by molar-refractivity contribution is 0.416. The molecule has 0 aliphatic heterocycles. The molecule has 18 heavy (non-hydrogen) atoms. The van der Waals surface area contributed by atoms with Gasteiger partial charge in [0.05, 0.1) is 7.11 Å². The van der Waals surface area contributed by atoms with Crippen molar-refractivity contribution in [2.45, 2.75) is 13.5 Å². The summed E-state index contributed by atoms with van der Waals surface area (Å²) < 4.78 is 5.51.